The molecule has 0 aliphatic carbocycles. The summed E-state index contributed by atoms with van der Waals surface area (Å²) in [5.41, 5.74) is 3.46. The zero-order valence-electron chi connectivity index (χ0n) is 19.3. The van der Waals surface area contributed by atoms with E-state index in [1.54, 1.807) is 23.2 Å². The van der Waals surface area contributed by atoms with Crippen molar-refractivity contribution in [3.8, 4) is 5.75 Å². The Morgan fingerprint density at radius 2 is 2.06 bits per heavy atom. The van der Waals surface area contributed by atoms with E-state index in [4.69, 9.17) is 4.74 Å². The van der Waals surface area contributed by atoms with Crippen LogP contribution in [0.1, 0.15) is 54.8 Å². The van der Waals surface area contributed by atoms with Crippen molar-refractivity contribution in [1.82, 2.24) is 9.80 Å². The lowest BCUT2D eigenvalue weighted by atomic mass is 10.00. The van der Waals surface area contributed by atoms with Crippen LogP contribution in [0.3, 0.4) is 0 Å². The first-order chi connectivity index (χ1) is 14.8. The smallest absolute Gasteiger partial charge is 0.242 e. The summed E-state index contributed by atoms with van der Waals surface area (Å²) in [5.74, 6) is 1.15. The van der Waals surface area contributed by atoms with E-state index in [0.717, 1.165) is 24.2 Å². The highest BCUT2D eigenvalue weighted by atomic mass is 32.1. The van der Waals surface area contributed by atoms with E-state index in [1.165, 1.54) is 16.0 Å². The molecule has 0 radical (unpaired) electrons. The fraction of sp³-hybridized carbons (Fsp3) is 0.520. The molecule has 2 amide bonds. The summed E-state index contributed by atoms with van der Waals surface area (Å²) in [4.78, 5) is 30.4. The van der Waals surface area contributed by atoms with Crippen molar-refractivity contribution in [2.45, 2.75) is 53.5 Å². The Morgan fingerprint density at radius 1 is 1.29 bits per heavy atom. The first kappa shape index (κ1) is 23.3. The second-order valence-corrected chi connectivity index (χ2v) is 9.65. The van der Waals surface area contributed by atoms with E-state index >= 15 is 0 Å². The molecule has 0 unspecified atom stereocenters. The number of rotatable bonds is 8. The fourth-order valence-electron chi connectivity index (χ4n) is 4.07. The average molecular weight is 443 g/mol. The van der Waals surface area contributed by atoms with Gasteiger partial charge in [0.25, 0.3) is 0 Å². The SMILES string of the molecule is CC[C@H](C)CN(CC(=O)N1CCc2sccc2[C@@H]1COc1ccc(C)cc1C)C(C)=O. The molecule has 1 aliphatic rings. The largest absolute Gasteiger partial charge is 0.491 e. The van der Waals surface area contributed by atoms with Crippen molar-refractivity contribution in [2.75, 3.05) is 26.2 Å². The second-order valence-electron chi connectivity index (χ2n) is 8.64. The highest BCUT2D eigenvalue weighted by Crippen LogP contribution is 2.34. The number of thiophene rings is 1. The summed E-state index contributed by atoms with van der Waals surface area (Å²) >= 11 is 1.74. The zero-order valence-corrected chi connectivity index (χ0v) is 20.1. The van der Waals surface area contributed by atoms with E-state index in [1.807, 2.05) is 24.0 Å². The number of benzene rings is 1. The maximum atomic E-state index is 13.3. The lowest BCUT2D eigenvalue weighted by molar-refractivity contribution is -0.142. The molecule has 0 spiro atoms. The first-order valence-corrected chi connectivity index (χ1v) is 12.0. The van der Waals surface area contributed by atoms with Gasteiger partial charge in [-0.1, -0.05) is 38.0 Å². The molecule has 0 saturated heterocycles. The minimum Gasteiger partial charge on any atom is -0.491 e. The predicted octanol–water partition coefficient (Wildman–Crippen LogP) is 4.76. The molecule has 31 heavy (non-hydrogen) atoms. The Morgan fingerprint density at radius 3 is 2.74 bits per heavy atom. The molecule has 0 bridgehead atoms. The van der Waals surface area contributed by atoms with Crippen LogP contribution in [0.2, 0.25) is 0 Å². The number of amides is 2. The molecule has 0 saturated carbocycles. The van der Waals surface area contributed by atoms with Crippen LogP contribution in [0.15, 0.2) is 29.6 Å². The van der Waals surface area contributed by atoms with Crippen molar-refractivity contribution in [3.05, 3.63) is 51.2 Å². The average Bonchev–Trinajstić information content (AvgIpc) is 3.21. The van der Waals surface area contributed by atoms with Gasteiger partial charge in [-0.3, -0.25) is 9.59 Å². The van der Waals surface area contributed by atoms with Crippen molar-refractivity contribution in [3.63, 3.8) is 0 Å². The van der Waals surface area contributed by atoms with Gasteiger partial charge in [-0.05, 0) is 54.8 Å². The second kappa shape index (κ2) is 10.3. The first-order valence-electron chi connectivity index (χ1n) is 11.1. The van der Waals surface area contributed by atoms with Crippen molar-refractivity contribution >= 4 is 23.2 Å². The van der Waals surface area contributed by atoms with Crippen LogP contribution in [0.25, 0.3) is 0 Å². The monoisotopic (exact) mass is 442 g/mol. The van der Waals surface area contributed by atoms with Gasteiger partial charge in [0.2, 0.25) is 11.8 Å². The lowest BCUT2D eigenvalue weighted by Gasteiger charge is -2.37. The van der Waals surface area contributed by atoms with Crippen molar-refractivity contribution in [1.29, 1.82) is 0 Å². The number of aryl methyl sites for hydroxylation is 2. The maximum Gasteiger partial charge on any atom is 0.242 e. The molecule has 6 heteroatoms. The molecule has 2 atom stereocenters. The molecular weight excluding hydrogens is 408 g/mol. The standard InChI is InChI=1S/C25H34N2O3S/c1-6-17(2)14-26(20(5)28)15-25(29)27-11-9-24-21(10-12-31-24)22(27)16-30-23-8-7-18(3)13-19(23)4/h7-8,10,12-13,17,22H,6,9,11,14-16H2,1-5H3/t17-,22-/m0/s1. The molecule has 0 fully saturated rings. The van der Waals surface area contributed by atoms with Crippen LogP contribution < -0.4 is 4.74 Å². The fourth-order valence-corrected chi connectivity index (χ4v) is 5.00. The Bertz CT molecular complexity index is 923. The number of ether oxygens (including phenoxy) is 1. The highest BCUT2D eigenvalue weighted by Gasteiger charge is 2.33. The van der Waals surface area contributed by atoms with Gasteiger partial charge >= 0.3 is 0 Å². The zero-order chi connectivity index (χ0) is 22.5. The van der Waals surface area contributed by atoms with Gasteiger partial charge in [0.05, 0.1) is 12.6 Å². The summed E-state index contributed by atoms with van der Waals surface area (Å²) in [5, 5.41) is 2.09. The molecule has 2 aromatic rings. The molecule has 0 N–H and O–H groups in total. The van der Waals surface area contributed by atoms with Crippen molar-refractivity contribution < 1.29 is 14.3 Å². The number of hydrogen-bond acceptors (Lipinski definition) is 4. The third kappa shape index (κ3) is 5.67. The summed E-state index contributed by atoms with van der Waals surface area (Å²) in [7, 11) is 0. The Labute approximate surface area is 190 Å². The van der Waals surface area contributed by atoms with Gasteiger partial charge in [0.15, 0.2) is 0 Å². The topological polar surface area (TPSA) is 49.9 Å². The summed E-state index contributed by atoms with van der Waals surface area (Å²) in [6.07, 6.45) is 1.83. The Kier molecular flexibility index (Phi) is 7.76. The molecule has 1 aliphatic heterocycles. The molecule has 2 heterocycles. The van der Waals surface area contributed by atoms with Gasteiger partial charge in [-0.2, -0.15) is 0 Å². The summed E-state index contributed by atoms with van der Waals surface area (Å²) < 4.78 is 6.20. The summed E-state index contributed by atoms with van der Waals surface area (Å²) in [6.45, 7) is 11.7. The third-order valence-corrected chi connectivity index (χ3v) is 7.14. The number of fused-ring (bicyclic) bond motifs is 1. The number of hydrogen-bond donors (Lipinski definition) is 0. The molecule has 168 valence electrons. The van der Waals surface area contributed by atoms with E-state index in [9.17, 15) is 9.59 Å². The van der Waals surface area contributed by atoms with Crippen LogP contribution in [-0.4, -0.2) is 47.9 Å². The van der Waals surface area contributed by atoms with Crippen LogP contribution >= 0.6 is 11.3 Å². The third-order valence-electron chi connectivity index (χ3n) is 6.14. The minimum atomic E-state index is -0.138. The molecule has 1 aromatic carbocycles. The van der Waals surface area contributed by atoms with Crippen LogP contribution in [-0.2, 0) is 16.0 Å². The molecular formula is C25H34N2O3S. The number of carbonyl (C=O) groups excluding carboxylic acids is 2. The molecule has 1 aromatic heterocycles. The highest BCUT2D eigenvalue weighted by molar-refractivity contribution is 7.10. The normalized spacial score (nSPS) is 16.5. The molecule has 3 rings (SSSR count). The minimum absolute atomic E-state index is 0.00965. The van der Waals surface area contributed by atoms with Crippen LogP contribution in [0, 0.1) is 19.8 Å². The molecule has 5 nitrogen and oxygen atoms in total. The van der Waals surface area contributed by atoms with Gasteiger partial charge in [-0.15, -0.1) is 11.3 Å². The quantitative estimate of drug-likeness (QED) is 0.592. The van der Waals surface area contributed by atoms with E-state index in [-0.39, 0.29) is 24.4 Å². The van der Waals surface area contributed by atoms with Gasteiger partial charge in [-0.25, -0.2) is 0 Å². The van der Waals surface area contributed by atoms with Crippen LogP contribution in [0.4, 0.5) is 0 Å². The van der Waals surface area contributed by atoms with Crippen molar-refractivity contribution in [2.24, 2.45) is 5.92 Å². The van der Waals surface area contributed by atoms with E-state index in [0.29, 0.717) is 25.6 Å². The summed E-state index contributed by atoms with van der Waals surface area (Å²) in [6, 6.07) is 8.12. The predicted molar refractivity (Wildman–Crippen MR) is 126 cm³/mol. The number of nitrogens with zero attached hydrogens (tertiary/aromatic N) is 2. The Hall–Kier alpha value is -2.34. The maximum absolute atomic E-state index is 13.3. The lowest BCUT2D eigenvalue weighted by Crippen LogP contribution is -2.48. The van der Waals surface area contributed by atoms with E-state index < -0.39 is 0 Å². The Balaban J connectivity index is 1.77. The van der Waals surface area contributed by atoms with E-state index in [2.05, 4.69) is 38.3 Å². The van der Waals surface area contributed by atoms with Gasteiger partial charge in [0.1, 0.15) is 12.4 Å². The van der Waals surface area contributed by atoms with Gasteiger partial charge in [0, 0.05) is 24.9 Å². The van der Waals surface area contributed by atoms with Crippen LogP contribution in [0.5, 0.6) is 5.75 Å². The van der Waals surface area contributed by atoms with Gasteiger partial charge < -0.3 is 14.5 Å². The number of carbonyl (C=O) groups is 2.